The summed E-state index contributed by atoms with van der Waals surface area (Å²) < 4.78 is 30.7. The van der Waals surface area contributed by atoms with Crippen molar-refractivity contribution in [3.05, 3.63) is 95.1 Å². The van der Waals surface area contributed by atoms with E-state index in [0.717, 1.165) is 16.5 Å². The summed E-state index contributed by atoms with van der Waals surface area (Å²) in [6.07, 6.45) is 0. The molecule has 0 radical (unpaired) electrons. The fraction of sp³-hybridized carbons (Fsp3) is 0.207. The van der Waals surface area contributed by atoms with Crippen molar-refractivity contribution in [3.63, 3.8) is 0 Å². The van der Waals surface area contributed by atoms with Crippen LogP contribution in [0, 0.1) is 26.7 Å². The molecule has 9 heteroatoms. The molecule has 38 heavy (non-hydrogen) atoms. The summed E-state index contributed by atoms with van der Waals surface area (Å²) in [7, 11) is -4.06. The number of para-hydroxylation sites is 2. The Balaban J connectivity index is 1.52. The maximum atomic E-state index is 13.9. The molecule has 3 aromatic carbocycles. The number of aryl methyl sites for hydroxylation is 3. The maximum absolute atomic E-state index is 13.9. The number of nitrogens with one attached hydrogen (secondary N) is 1. The van der Waals surface area contributed by atoms with E-state index in [1.165, 1.54) is 16.7 Å². The molecule has 0 aliphatic carbocycles. The molecule has 7 nitrogen and oxygen atoms in total. The van der Waals surface area contributed by atoms with Crippen LogP contribution in [0.3, 0.4) is 0 Å². The van der Waals surface area contributed by atoms with Crippen molar-refractivity contribution in [2.45, 2.75) is 42.0 Å². The number of hydrogen-bond acceptors (Lipinski definition) is 6. The van der Waals surface area contributed by atoms with E-state index in [1.54, 1.807) is 38.1 Å². The number of imide groups is 1. The Morgan fingerprint density at radius 2 is 1.53 bits per heavy atom. The van der Waals surface area contributed by atoms with Crippen molar-refractivity contribution in [2.24, 2.45) is 5.92 Å². The molecule has 0 bridgehead atoms. The molecule has 3 atom stereocenters. The number of pyridine rings is 1. The zero-order valence-corrected chi connectivity index (χ0v) is 22.6. The van der Waals surface area contributed by atoms with Crippen LogP contribution in [-0.2, 0) is 19.6 Å². The third kappa shape index (κ3) is 3.93. The summed E-state index contributed by atoms with van der Waals surface area (Å²) in [5.74, 6) is -1.73. The first-order valence-corrected chi connectivity index (χ1v) is 14.6. The molecule has 2 amide bonds. The highest BCUT2D eigenvalue weighted by Gasteiger charge is 2.56. The standard InChI is InChI=1S/C29H25N3O4S2/c1-16-13-17(2)26(18(3)14-16)38(35,36)31-24-21-15-19-9-7-8-12-22(19)30-27(21)37-25-23(24)28(33)32(29(25)34)20-10-5-4-6-11-20/h4-15,23-25,31H,1-3H3/t23-,24-,25+/m1/s1. The molecular weight excluding hydrogens is 518 g/mol. The van der Waals surface area contributed by atoms with Gasteiger partial charge in [0, 0.05) is 10.9 Å². The molecule has 1 N–H and O–H groups in total. The van der Waals surface area contributed by atoms with E-state index >= 15 is 0 Å². The Labute approximate surface area is 225 Å². The summed E-state index contributed by atoms with van der Waals surface area (Å²) in [6.45, 7) is 5.44. The van der Waals surface area contributed by atoms with Crippen LogP contribution in [0.5, 0.6) is 0 Å². The van der Waals surface area contributed by atoms with Crippen LogP contribution in [-0.4, -0.2) is 30.5 Å². The molecule has 3 heterocycles. The minimum Gasteiger partial charge on any atom is -0.274 e. The predicted octanol–water partition coefficient (Wildman–Crippen LogP) is 4.84. The number of hydrogen-bond donors (Lipinski definition) is 1. The number of anilines is 1. The summed E-state index contributed by atoms with van der Waals surface area (Å²) >= 11 is 1.23. The van der Waals surface area contributed by atoms with Crippen molar-refractivity contribution in [3.8, 4) is 0 Å². The second kappa shape index (κ2) is 9.04. The average Bonchev–Trinajstić information content (AvgIpc) is 3.11. The minimum absolute atomic E-state index is 0.185. The lowest BCUT2D eigenvalue weighted by molar-refractivity contribution is -0.122. The Bertz CT molecular complexity index is 1710. The largest absolute Gasteiger partial charge is 0.274 e. The van der Waals surface area contributed by atoms with Gasteiger partial charge in [0.05, 0.1) is 28.1 Å². The number of benzene rings is 3. The molecule has 0 spiro atoms. The van der Waals surface area contributed by atoms with Gasteiger partial charge in [0.15, 0.2) is 0 Å². The number of nitrogens with zero attached hydrogens (tertiary/aromatic N) is 2. The van der Waals surface area contributed by atoms with Gasteiger partial charge in [-0.1, -0.05) is 65.9 Å². The third-order valence-corrected chi connectivity index (χ3v) is 10.2. The number of fused-ring (bicyclic) bond motifs is 3. The van der Waals surface area contributed by atoms with Crippen molar-refractivity contribution < 1.29 is 18.0 Å². The van der Waals surface area contributed by atoms with Gasteiger partial charge in [-0.25, -0.2) is 23.0 Å². The molecule has 4 aromatic rings. The molecular formula is C29H25N3O4S2. The molecule has 0 unspecified atom stereocenters. The van der Waals surface area contributed by atoms with Gasteiger partial charge in [0.1, 0.15) is 10.3 Å². The summed E-state index contributed by atoms with van der Waals surface area (Å²) in [5.41, 5.74) is 4.00. The van der Waals surface area contributed by atoms with Crippen LogP contribution in [0.15, 0.2) is 82.7 Å². The molecule has 2 aliphatic rings. The first-order valence-electron chi connectivity index (χ1n) is 12.2. The minimum atomic E-state index is -4.06. The Hall–Kier alpha value is -3.53. The van der Waals surface area contributed by atoms with Gasteiger partial charge in [-0.15, -0.1) is 0 Å². The van der Waals surface area contributed by atoms with E-state index < -0.39 is 33.1 Å². The highest BCUT2D eigenvalue weighted by atomic mass is 32.2. The van der Waals surface area contributed by atoms with Gasteiger partial charge in [0.25, 0.3) is 0 Å². The molecule has 1 saturated heterocycles. The number of sulfonamides is 1. The van der Waals surface area contributed by atoms with Gasteiger partial charge in [0.2, 0.25) is 21.8 Å². The van der Waals surface area contributed by atoms with E-state index in [-0.39, 0.29) is 10.8 Å². The first-order chi connectivity index (χ1) is 18.2. The fourth-order valence-corrected chi connectivity index (χ4v) is 8.67. The van der Waals surface area contributed by atoms with Crippen molar-refractivity contribution >= 4 is 50.2 Å². The van der Waals surface area contributed by atoms with E-state index in [9.17, 15) is 18.0 Å². The van der Waals surface area contributed by atoms with Crippen LogP contribution in [0.1, 0.15) is 28.3 Å². The SMILES string of the molecule is Cc1cc(C)c(S(=O)(=O)N[C@@H]2c3cc4ccccc4nc3S[C@@H]3C(=O)N(c4ccccc4)C(=O)[C@@H]32)c(C)c1. The van der Waals surface area contributed by atoms with Gasteiger partial charge >= 0.3 is 0 Å². The Morgan fingerprint density at radius 1 is 0.868 bits per heavy atom. The van der Waals surface area contributed by atoms with Crippen molar-refractivity contribution in [1.29, 1.82) is 0 Å². The van der Waals surface area contributed by atoms with Crippen LogP contribution < -0.4 is 9.62 Å². The Kier molecular flexibility index (Phi) is 5.90. The Morgan fingerprint density at radius 3 is 2.24 bits per heavy atom. The highest BCUT2D eigenvalue weighted by Crippen LogP contribution is 2.50. The second-order valence-corrected chi connectivity index (χ2v) is 12.6. The quantitative estimate of drug-likeness (QED) is 0.370. The van der Waals surface area contributed by atoms with Gasteiger partial charge in [-0.2, -0.15) is 0 Å². The average molecular weight is 544 g/mol. The van der Waals surface area contributed by atoms with E-state index in [1.807, 2.05) is 55.5 Å². The monoisotopic (exact) mass is 543 g/mol. The van der Waals surface area contributed by atoms with E-state index in [0.29, 0.717) is 27.4 Å². The van der Waals surface area contributed by atoms with Gasteiger partial charge in [-0.05, 0) is 56.2 Å². The smallest absolute Gasteiger partial charge is 0.248 e. The van der Waals surface area contributed by atoms with E-state index in [4.69, 9.17) is 4.98 Å². The van der Waals surface area contributed by atoms with Crippen molar-refractivity contribution in [1.82, 2.24) is 9.71 Å². The molecule has 2 aliphatic heterocycles. The fourth-order valence-electron chi connectivity index (χ4n) is 5.64. The lowest BCUT2D eigenvalue weighted by Gasteiger charge is -2.32. The molecule has 6 rings (SSSR count). The number of rotatable bonds is 4. The zero-order valence-electron chi connectivity index (χ0n) is 21.0. The lowest BCUT2D eigenvalue weighted by Crippen LogP contribution is -2.42. The molecule has 1 fully saturated rings. The van der Waals surface area contributed by atoms with Crippen LogP contribution in [0.25, 0.3) is 10.9 Å². The van der Waals surface area contributed by atoms with E-state index in [2.05, 4.69) is 4.72 Å². The van der Waals surface area contributed by atoms with Crippen LogP contribution in [0.4, 0.5) is 5.69 Å². The highest BCUT2D eigenvalue weighted by molar-refractivity contribution is 8.00. The predicted molar refractivity (Wildman–Crippen MR) is 148 cm³/mol. The number of amides is 2. The second-order valence-electron chi connectivity index (χ2n) is 9.81. The van der Waals surface area contributed by atoms with Crippen LogP contribution >= 0.6 is 11.8 Å². The van der Waals surface area contributed by atoms with Crippen molar-refractivity contribution in [2.75, 3.05) is 4.90 Å². The number of thioether (sulfide) groups is 1. The number of carbonyl (C=O) groups is 2. The summed E-state index contributed by atoms with van der Waals surface area (Å²) in [5, 5.41) is 0.566. The number of aromatic nitrogens is 1. The number of carbonyl (C=O) groups excluding carboxylic acids is 2. The first kappa shape index (κ1) is 24.8. The molecule has 1 aromatic heterocycles. The van der Waals surface area contributed by atoms with Gasteiger partial charge < -0.3 is 0 Å². The summed E-state index contributed by atoms with van der Waals surface area (Å²) in [4.78, 5) is 33.6. The maximum Gasteiger partial charge on any atom is 0.248 e. The molecule has 192 valence electrons. The van der Waals surface area contributed by atoms with Gasteiger partial charge in [-0.3, -0.25) is 9.59 Å². The third-order valence-electron chi connectivity index (χ3n) is 7.11. The van der Waals surface area contributed by atoms with Crippen LogP contribution in [0.2, 0.25) is 0 Å². The molecule has 0 saturated carbocycles. The normalized spacial score (nSPS) is 21.0. The summed E-state index contributed by atoms with van der Waals surface area (Å²) in [6, 6.07) is 20.8. The topological polar surface area (TPSA) is 96.4 Å². The lowest BCUT2D eigenvalue weighted by atomic mass is 9.91. The zero-order chi connectivity index (χ0) is 26.8.